The summed E-state index contributed by atoms with van der Waals surface area (Å²) in [6.07, 6.45) is 2.56. The Bertz CT molecular complexity index is 2180. The number of amides is 10. The molecule has 0 aliphatic carbocycles. The normalized spacial score (nSPS) is 27.8. The van der Waals surface area contributed by atoms with Crippen LogP contribution in [0.4, 0.5) is 0 Å². The lowest BCUT2D eigenvalue weighted by atomic mass is 9.99. The van der Waals surface area contributed by atoms with Crippen LogP contribution in [0.25, 0.3) is 0 Å². The zero-order valence-electron chi connectivity index (χ0n) is 46.2. The average molecular weight is 1070 g/mol. The summed E-state index contributed by atoms with van der Waals surface area (Å²) in [7, 11) is 0. The second-order valence-electron chi connectivity index (χ2n) is 22.2. The van der Waals surface area contributed by atoms with Gasteiger partial charge in [0.25, 0.3) is 0 Å². The summed E-state index contributed by atoms with van der Waals surface area (Å²) < 4.78 is 0. The van der Waals surface area contributed by atoms with Gasteiger partial charge in [0.2, 0.25) is 59.1 Å². The first kappa shape index (κ1) is 62.4. The van der Waals surface area contributed by atoms with Crippen LogP contribution in [0.15, 0.2) is 30.3 Å². The standard InChI is InChI=1S/C54H88N12O10/c1-30(2)27-38-47(69)57-34(9)53(75)65-25-15-21-41(65)49(71)63-43(32(5)6)51(73)59-37(20-14-24-56)46(68)61-39(28-31(3)4)48(70)62-40(29-35-17-11-10-12-18-35)54(76)66-26-16-22-42(66)50(72)64-44(33(7)8)52(74)58-36(19-13-23-55)45(67)60-38/h10-12,17-18,30-34,36-44H,13-16,19-29,55-56H2,1-9H3,(H,57,69)(H,58,74)(H,59,73)(H,60,67)(H,61,68)(H,62,70)(H,63,71)(H,64,72)/t34-,36+,37+,38+,39+,40-,41+,42+,43+,44+/m1/s1. The van der Waals surface area contributed by atoms with E-state index in [4.69, 9.17) is 11.5 Å². The Morgan fingerprint density at radius 1 is 0.474 bits per heavy atom. The lowest BCUT2D eigenvalue weighted by molar-refractivity contribution is -0.143. The van der Waals surface area contributed by atoms with E-state index in [1.807, 2.05) is 33.8 Å². The van der Waals surface area contributed by atoms with Gasteiger partial charge in [0.1, 0.15) is 60.4 Å². The van der Waals surface area contributed by atoms with E-state index >= 15 is 0 Å². The molecule has 3 saturated heterocycles. The van der Waals surface area contributed by atoms with Gasteiger partial charge in [-0.3, -0.25) is 47.9 Å². The number of nitrogens with one attached hydrogen (secondary N) is 8. The van der Waals surface area contributed by atoms with Gasteiger partial charge in [0, 0.05) is 19.5 Å². The van der Waals surface area contributed by atoms with Crippen LogP contribution in [0.3, 0.4) is 0 Å². The minimum absolute atomic E-state index is 0.0326. The highest BCUT2D eigenvalue weighted by atomic mass is 16.2. The molecule has 0 aromatic heterocycles. The number of carbonyl (C=O) groups excluding carboxylic acids is 10. The summed E-state index contributed by atoms with van der Waals surface area (Å²) in [4.78, 5) is 146. The lowest BCUT2D eigenvalue weighted by Crippen LogP contribution is -2.62. The third-order valence-corrected chi connectivity index (χ3v) is 14.1. The van der Waals surface area contributed by atoms with Crippen LogP contribution >= 0.6 is 0 Å². The zero-order valence-corrected chi connectivity index (χ0v) is 46.2. The zero-order chi connectivity index (χ0) is 56.4. The van der Waals surface area contributed by atoms with Gasteiger partial charge in [0.15, 0.2) is 0 Å². The predicted molar refractivity (Wildman–Crippen MR) is 286 cm³/mol. The number of benzene rings is 1. The first-order valence-electron chi connectivity index (χ1n) is 27.5. The molecule has 424 valence electrons. The molecule has 22 heteroatoms. The van der Waals surface area contributed by atoms with E-state index in [1.54, 1.807) is 52.0 Å². The van der Waals surface area contributed by atoms with Gasteiger partial charge in [-0.2, -0.15) is 0 Å². The number of carbonyl (C=O) groups is 10. The second kappa shape index (κ2) is 30.0. The largest absolute Gasteiger partial charge is 0.343 e. The fourth-order valence-electron chi connectivity index (χ4n) is 9.98. The van der Waals surface area contributed by atoms with Crippen molar-refractivity contribution in [3.63, 3.8) is 0 Å². The van der Waals surface area contributed by atoms with E-state index in [1.165, 1.54) is 16.7 Å². The molecule has 10 atom stereocenters. The SMILES string of the molecule is CC(C)C[C@@H]1NC(=O)[C@H](CCCN)NC(=O)[C@H](C(C)C)NC(=O)[C@@H]2CCCN2C(=O)[C@@H](Cc2ccccc2)NC(=O)[C@H](CC(C)C)NC(=O)[C@H](CCCN)NC(=O)[C@H](C(C)C)NC(=O)[C@@H]2CCCN2C(=O)[C@@H](C)NC1=O. The molecule has 3 heterocycles. The van der Waals surface area contributed by atoms with Gasteiger partial charge in [0.05, 0.1) is 0 Å². The molecule has 3 aliphatic rings. The maximum atomic E-state index is 14.8. The lowest BCUT2D eigenvalue weighted by Gasteiger charge is -2.32. The number of hydrogen-bond donors (Lipinski definition) is 10. The van der Waals surface area contributed by atoms with Crippen LogP contribution in [-0.4, -0.2) is 155 Å². The molecule has 0 unspecified atom stereocenters. The number of fused-ring (bicyclic) bond motifs is 2. The molecule has 12 N–H and O–H groups in total. The minimum atomic E-state index is -1.21. The third-order valence-electron chi connectivity index (χ3n) is 14.1. The first-order valence-corrected chi connectivity index (χ1v) is 27.5. The van der Waals surface area contributed by atoms with E-state index in [0.717, 1.165) is 0 Å². The molecule has 0 radical (unpaired) electrons. The van der Waals surface area contributed by atoms with E-state index < -0.39 is 131 Å². The van der Waals surface area contributed by atoms with E-state index in [-0.39, 0.29) is 83.0 Å². The Morgan fingerprint density at radius 3 is 1.26 bits per heavy atom. The molecule has 0 spiro atoms. The fraction of sp³-hybridized carbons (Fsp3) is 0.704. The molecule has 1 aromatic rings. The van der Waals surface area contributed by atoms with Gasteiger partial charge in [-0.05, 0) is 113 Å². The van der Waals surface area contributed by atoms with Crippen molar-refractivity contribution in [2.45, 2.75) is 193 Å². The molecule has 76 heavy (non-hydrogen) atoms. The van der Waals surface area contributed by atoms with Crippen LogP contribution < -0.4 is 54.0 Å². The predicted octanol–water partition coefficient (Wildman–Crippen LogP) is 0.00500. The summed E-state index contributed by atoms with van der Waals surface area (Å²) in [5.41, 5.74) is 12.5. The topological polar surface area (TPSA) is 325 Å². The maximum absolute atomic E-state index is 14.8. The molecule has 22 nitrogen and oxygen atoms in total. The Kier molecular flexibility index (Phi) is 24.6. The fourth-order valence-corrected chi connectivity index (χ4v) is 9.98. The van der Waals surface area contributed by atoms with Crippen LogP contribution in [0.1, 0.15) is 132 Å². The molecule has 3 aliphatic heterocycles. The van der Waals surface area contributed by atoms with Crippen molar-refractivity contribution in [2.75, 3.05) is 26.2 Å². The molecule has 1 aromatic carbocycles. The van der Waals surface area contributed by atoms with Gasteiger partial charge in [-0.1, -0.05) is 85.7 Å². The number of nitrogens with zero attached hydrogens (tertiary/aromatic N) is 2. The molecule has 10 amide bonds. The van der Waals surface area contributed by atoms with Crippen molar-refractivity contribution < 1.29 is 47.9 Å². The highest BCUT2D eigenvalue weighted by Gasteiger charge is 2.43. The Balaban J connectivity index is 1.79. The van der Waals surface area contributed by atoms with E-state index in [2.05, 4.69) is 42.5 Å². The van der Waals surface area contributed by atoms with Crippen molar-refractivity contribution in [3.05, 3.63) is 35.9 Å². The van der Waals surface area contributed by atoms with Crippen molar-refractivity contribution in [3.8, 4) is 0 Å². The highest BCUT2D eigenvalue weighted by Crippen LogP contribution is 2.23. The maximum Gasteiger partial charge on any atom is 0.246 e. The van der Waals surface area contributed by atoms with Crippen molar-refractivity contribution >= 4 is 59.1 Å². The van der Waals surface area contributed by atoms with Crippen LogP contribution in [0.5, 0.6) is 0 Å². The Labute approximate surface area is 448 Å². The summed E-state index contributed by atoms with van der Waals surface area (Å²) in [5, 5.41) is 22.4. The highest BCUT2D eigenvalue weighted by molar-refractivity contribution is 6.00. The van der Waals surface area contributed by atoms with Gasteiger partial charge in [-0.25, -0.2) is 0 Å². The Morgan fingerprint density at radius 2 is 0.855 bits per heavy atom. The molecule has 4 rings (SSSR count). The van der Waals surface area contributed by atoms with E-state index in [9.17, 15) is 47.9 Å². The van der Waals surface area contributed by atoms with Crippen LogP contribution in [-0.2, 0) is 54.4 Å². The molecule has 0 saturated carbocycles. The number of nitrogens with two attached hydrogens (primary N) is 2. The van der Waals surface area contributed by atoms with E-state index in [0.29, 0.717) is 31.2 Å². The molecule has 3 fully saturated rings. The second-order valence-corrected chi connectivity index (χ2v) is 22.2. The van der Waals surface area contributed by atoms with Crippen molar-refractivity contribution in [2.24, 2.45) is 35.1 Å². The summed E-state index contributed by atoms with van der Waals surface area (Å²) in [6.45, 7) is 16.5. The van der Waals surface area contributed by atoms with Crippen molar-refractivity contribution in [1.82, 2.24) is 52.3 Å². The van der Waals surface area contributed by atoms with Gasteiger partial charge < -0.3 is 63.8 Å². The third kappa shape index (κ3) is 18.0. The van der Waals surface area contributed by atoms with Crippen LogP contribution in [0.2, 0.25) is 0 Å². The molecular formula is C54H88N12O10. The Hall–Kier alpha value is -6.16. The van der Waals surface area contributed by atoms with Gasteiger partial charge >= 0.3 is 0 Å². The van der Waals surface area contributed by atoms with Crippen molar-refractivity contribution in [1.29, 1.82) is 0 Å². The molecular weight excluding hydrogens is 977 g/mol. The summed E-state index contributed by atoms with van der Waals surface area (Å²) in [5.74, 6) is -7.64. The minimum Gasteiger partial charge on any atom is -0.343 e. The summed E-state index contributed by atoms with van der Waals surface area (Å²) >= 11 is 0. The number of rotatable bonds is 14. The quantitative estimate of drug-likeness (QED) is 0.118. The average Bonchev–Trinajstić information content (AvgIpc) is 4.07. The first-order chi connectivity index (χ1) is 36.0. The molecule has 0 bridgehead atoms. The van der Waals surface area contributed by atoms with Gasteiger partial charge in [-0.15, -0.1) is 0 Å². The smallest absolute Gasteiger partial charge is 0.246 e. The summed E-state index contributed by atoms with van der Waals surface area (Å²) in [6, 6.07) is -2.45. The van der Waals surface area contributed by atoms with Crippen LogP contribution in [0, 0.1) is 23.7 Å². The monoisotopic (exact) mass is 1060 g/mol. The number of hydrogen-bond acceptors (Lipinski definition) is 12.